The summed E-state index contributed by atoms with van der Waals surface area (Å²) in [4.78, 5) is 16.0. The zero-order valence-corrected chi connectivity index (χ0v) is 14.8. The Kier molecular flexibility index (Phi) is 3.23. The molecule has 1 atom stereocenters. The van der Waals surface area contributed by atoms with Crippen molar-refractivity contribution in [3.63, 3.8) is 0 Å². The van der Waals surface area contributed by atoms with Crippen LogP contribution in [0.1, 0.15) is 38.5 Å². The summed E-state index contributed by atoms with van der Waals surface area (Å²) >= 11 is 6.81. The van der Waals surface area contributed by atoms with Crippen LogP contribution in [-0.2, 0) is 4.79 Å². The number of hydrogen-bond acceptors (Lipinski definition) is 2. The van der Waals surface area contributed by atoms with Crippen molar-refractivity contribution >= 4 is 29.6 Å². The van der Waals surface area contributed by atoms with E-state index < -0.39 is 5.97 Å². The van der Waals surface area contributed by atoms with E-state index in [1.54, 1.807) is 0 Å². The van der Waals surface area contributed by atoms with Crippen molar-refractivity contribution in [3.8, 4) is 0 Å². The first-order valence-corrected chi connectivity index (χ1v) is 9.55. The Bertz CT molecular complexity index is 766. The summed E-state index contributed by atoms with van der Waals surface area (Å²) in [6, 6.07) is 10.1. The number of hydrogen-bond donors (Lipinski definition) is 1. The molecular formula is C20H22ClN2O2+. The molecule has 0 spiro atoms. The van der Waals surface area contributed by atoms with Gasteiger partial charge < -0.3 is 5.11 Å². The van der Waals surface area contributed by atoms with Crippen LogP contribution in [-0.4, -0.2) is 23.0 Å². The molecule has 0 amide bonds. The molecule has 5 aliphatic rings. The minimum absolute atomic E-state index is 0.00117. The molecule has 6 rings (SSSR count). The first-order chi connectivity index (χ1) is 12.0. The number of carbonyl (C=O) groups is 1. The summed E-state index contributed by atoms with van der Waals surface area (Å²) < 4.78 is 0.306. The van der Waals surface area contributed by atoms with Gasteiger partial charge in [0.2, 0.25) is 17.2 Å². The van der Waals surface area contributed by atoms with Crippen molar-refractivity contribution in [2.24, 2.45) is 22.7 Å². The van der Waals surface area contributed by atoms with Crippen molar-refractivity contribution in [1.29, 1.82) is 0 Å². The monoisotopic (exact) mass is 357 g/mol. The molecule has 1 heterocycles. The summed E-state index contributed by atoms with van der Waals surface area (Å²) in [6.45, 7) is 0. The molecule has 4 fully saturated rings. The molecule has 0 saturated heterocycles. The van der Waals surface area contributed by atoms with Crippen LogP contribution in [0.2, 0.25) is 0 Å². The van der Waals surface area contributed by atoms with Crippen LogP contribution in [0.3, 0.4) is 0 Å². The second-order valence-electron chi connectivity index (χ2n) is 8.39. The third-order valence-corrected chi connectivity index (χ3v) is 7.43. The molecule has 1 unspecified atom stereocenters. The van der Waals surface area contributed by atoms with E-state index in [9.17, 15) is 9.90 Å². The van der Waals surface area contributed by atoms with E-state index in [1.165, 1.54) is 19.3 Å². The maximum Gasteiger partial charge on any atom is 0.362 e. The Morgan fingerprint density at radius 2 is 1.64 bits per heavy atom. The Morgan fingerprint density at radius 3 is 2.12 bits per heavy atom. The second kappa shape index (κ2) is 5.18. The highest BCUT2D eigenvalue weighted by Crippen LogP contribution is 2.62. The van der Waals surface area contributed by atoms with E-state index in [0.717, 1.165) is 42.7 Å². The second-order valence-corrected chi connectivity index (χ2v) is 8.75. The van der Waals surface area contributed by atoms with Crippen LogP contribution in [0, 0.1) is 17.8 Å². The molecule has 4 saturated carbocycles. The van der Waals surface area contributed by atoms with Crippen LogP contribution in [0.25, 0.3) is 0 Å². The molecule has 25 heavy (non-hydrogen) atoms. The van der Waals surface area contributed by atoms with Gasteiger partial charge in [0.1, 0.15) is 11.2 Å². The zero-order valence-electron chi connectivity index (χ0n) is 14.1. The topological polar surface area (TPSA) is 49.7 Å². The Morgan fingerprint density at radius 1 is 1.08 bits per heavy atom. The SMILES string of the molecule is O=C(O)C1=C(Cl)[N+](c2ccccc2)(C23CC4CC(CC(C4)C2)C3)C=N1. The maximum absolute atomic E-state index is 11.7. The summed E-state index contributed by atoms with van der Waals surface area (Å²) in [5, 5.41) is 9.94. The molecule has 1 aromatic carbocycles. The number of aliphatic carboxylic acids is 1. The van der Waals surface area contributed by atoms with Gasteiger partial charge in [-0.05, 0) is 48.6 Å². The fourth-order valence-corrected chi connectivity index (χ4v) is 6.95. The summed E-state index contributed by atoms with van der Waals surface area (Å²) in [5.41, 5.74) is 0.990. The lowest BCUT2D eigenvalue weighted by Crippen LogP contribution is -2.69. The lowest BCUT2D eigenvalue weighted by Gasteiger charge is -2.61. The molecule has 4 bridgehead atoms. The van der Waals surface area contributed by atoms with Crippen LogP contribution in [0.4, 0.5) is 5.69 Å². The first kappa shape index (κ1) is 15.6. The van der Waals surface area contributed by atoms with E-state index in [4.69, 9.17) is 11.6 Å². The average Bonchev–Trinajstić information content (AvgIpc) is 2.93. The number of carboxylic acid groups (broad SMARTS) is 1. The molecule has 5 heteroatoms. The van der Waals surface area contributed by atoms with E-state index in [2.05, 4.69) is 17.1 Å². The largest absolute Gasteiger partial charge is 0.476 e. The lowest BCUT2D eigenvalue weighted by atomic mass is 9.52. The quantitative estimate of drug-likeness (QED) is 0.639. The number of para-hydroxylation sites is 1. The van der Waals surface area contributed by atoms with Gasteiger partial charge in [0.15, 0.2) is 0 Å². The van der Waals surface area contributed by atoms with Gasteiger partial charge in [0.25, 0.3) is 0 Å². The van der Waals surface area contributed by atoms with Crippen molar-refractivity contribution in [2.45, 2.75) is 44.1 Å². The van der Waals surface area contributed by atoms with Crippen LogP contribution < -0.4 is 4.48 Å². The van der Waals surface area contributed by atoms with Gasteiger partial charge in [-0.3, -0.25) is 0 Å². The molecule has 1 N–H and O–H groups in total. The minimum Gasteiger partial charge on any atom is -0.476 e. The Hall–Kier alpha value is -1.65. The fraction of sp³-hybridized carbons (Fsp3) is 0.500. The molecule has 1 aliphatic heterocycles. The van der Waals surface area contributed by atoms with Crippen molar-refractivity contribution in [3.05, 3.63) is 41.2 Å². The van der Waals surface area contributed by atoms with Gasteiger partial charge in [-0.2, -0.15) is 9.48 Å². The van der Waals surface area contributed by atoms with Gasteiger partial charge in [0.05, 0.1) is 0 Å². The fourth-order valence-electron chi connectivity index (χ4n) is 6.50. The zero-order chi connectivity index (χ0) is 17.2. The van der Waals surface area contributed by atoms with Gasteiger partial charge in [-0.1, -0.05) is 18.2 Å². The molecule has 0 radical (unpaired) electrons. The van der Waals surface area contributed by atoms with Crippen molar-refractivity contribution in [2.75, 3.05) is 0 Å². The van der Waals surface area contributed by atoms with Gasteiger partial charge in [-0.15, -0.1) is 0 Å². The third-order valence-electron chi connectivity index (χ3n) is 6.99. The summed E-state index contributed by atoms with van der Waals surface area (Å²) in [6.07, 6.45) is 9.15. The predicted octanol–water partition coefficient (Wildman–Crippen LogP) is 4.50. The molecule has 1 aromatic rings. The normalized spacial score (nSPS) is 41.6. The summed E-state index contributed by atoms with van der Waals surface area (Å²) in [7, 11) is 0. The van der Waals surface area contributed by atoms with Crippen LogP contribution in [0.5, 0.6) is 0 Å². The van der Waals surface area contributed by atoms with Crippen LogP contribution >= 0.6 is 11.6 Å². The summed E-state index contributed by atoms with van der Waals surface area (Å²) in [5.74, 6) is 1.20. The Labute approximate surface area is 152 Å². The standard InChI is InChI=1S/C20H21ClN2O2/c21-18-17(19(24)25)22-12-23(18,16-4-2-1-3-5-16)20-9-13-6-14(10-20)8-15(7-13)11-20/h1-5,12-15H,6-11H2/p+1. The number of aliphatic imine (C=N–C) groups is 1. The first-order valence-electron chi connectivity index (χ1n) is 9.17. The number of halogens is 1. The smallest absolute Gasteiger partial charge is 0.362 e. The maximum atomic E-state index is 11.7. The molecule has 4 aliphatic carbocycles. The highest BCUT2D eigenvalue weighted by Gasteiger charge is 2.65. The average molecular weight is 358 g/mol. The molecule has 0 aromatic heterocycles. The van der Waals surface area contributed by atoms with E-state index in [0.29, 0.717) is 9.64 Å². The van der Waals surface area contributed by atoms with E-state index >= 15 is 0 Å². The Balaban J connectivity index is 1.73. The molecular weight excluding hydrogens is 336 g/mol. The molecule has 4 nitrogen and oxygen atoms in total. The number of quaternary nitrogens is 1. The van der Waals surface area contributed by atoms with Gasteiger partial charge in [-0.25, -0.2) is 4.79 Å². The van der Waals surface area contributed by atoms with E-state index in [-0.39, 0.29) is 11.2 Å². The van der Waals surface area contributed by atoms with E-state index in [1.807, 2.05) is 24.5 Å². The number of nitrogens with zero attached hydrogens (tertiary/aromatic N) is 2. The highest BCUT2D eigenvalue weighted by molar-refractivity contribution is 6.34. The van der Waals surface area contributed by atoms with Gasteiger partial charge >= 0.3 is 5.97 Å². The molecule has 130 valence electrons. The van der Waals surface area contributed by atoms with Crippen LogP contribution in [0.15, 0.2) is 46.2 Å². The number of carboxylic acids is 1. The minimum atomic E-state index is -1.04. The van der Waals surface area contributed by atoms with Crippen molar-refractivity contribution in [1.82, 2.24) is 4.48 Å². The highest BCUT2D eigenvalue weighted by atomic mass is 35.5. The third kappa shape index (κ3) is 1.98. The predicted molar refractivity (Wildman–Crippen MR) is 98.1 cm³/mol. The van der Waals surface area contributed by atoms with Crippen molar-refractivity contribution < 1.29 is 9.90 Å². The number of rotatable bonds is 3. The number of benzene rings is 1. The lowest BCUT2D eigenvalue weighted by molar-refractivity contribution is -0.132. The van der Waals surface area contributed by atoms with Gasteiger partial charge in [0, 0.05) is 31.4 Å².